The van der Waals surface area contributed by atoms with Crippen molar-refractivity contribution in [3.05, 3.63) is 23.8 Å². The van der Waals surface area contributed by atoms with E-state index in [1.165, 1.54) is 36.5 Å². The number of carbonyl (C=O) groups is 1. The second-order valence-electron chi connectivity index (χ2n) is 5.65. The number of carboxylic acids is 1. The average Bonchev–Trinajstić information content (AvgIpc) is 2.54. The Morgan fingerprint density at radius 3 is 2.25 bits per heavy atom. The molecule has 0 amide bonds. The van der Waals surface area contributed by atoms with Crippen LogP contribution in [0.15, 0.2) is 28.0 Å². The van der Waals surface area contributed by atoms with Crippen LogP contribution < -0.4 is 4.72 Å². The highest BCUT2D eigenvalue weighted by Gasteiger charge is 2.32. The number of rotatable bonds is 5. The summed E-state index contributed by atoms with van der Waals surface area (Å²) in [6, 6.07) is 3.84. The number of hydrogen-bond acceptors (Lipinski definition) is 5. The molecule has 1 heterocycles. The van der Waals surface area contributed by atoms with Gasteiger partial charge >= 0.3 is 5.97 Å². The standard InChI is InChI=1S/C14H20N2O6S2/c1-10-9-12(3-4-13(10)23(19,20)15-2)24(21,22)16-7-5-11(6-8-16)14(17)18/h3-4,9,11,15H,5-8H2,1-2H3,(H,17,18). The van der Waals surface area contributed by atoms with Crippen molar-refractivity contribution in [3.63, 3.8) is 0 Å². The molecule has 0 bridgehead atoms. The molecule has 0 aliphatic carbocycles. The number of aliphatic carboxylic acids is 1. The molecule has 0 atom stereocenters. The van der Waals surface area contributed by atoms with E-state index in [1.54, 1.807) is 0 Å². The number of sulfonamides is 2. The molecular formula is C14H20N2O6S2. The van der Waals surface area contributed by atoms with Gasteiger partial charge in [0.2, 0.25) is 20.0 Å². The quantitative estimate of drug-likeness (QED) is 0.767. The van der Waals surface area contributed by atoms with Gasteiger partial charge in [-0.25, -0.2) is 21.6 Å². The molecule has 1 aliphatic rings. The minimum Gasteiger partial charge on any atom is -0.481 e. The molecule has 0 aromatic heterocycles. The van der Waals surface area contributed by atoms with E-state index < -0.39 is 31.9 Å². The van der Waals surface area contributed by atoms with E-state index in [-0.39, 0.29) is 35.7 Å². The highest BCUT2D eigenvalue weighted by atomic mass is 32.2. The van der Waals surface area contributed by atoms with Gasteiger partial charge in [0, 0.05) is 13.1 Å². The lowest BCUT2D eigenvalue weighted by molar-refractivity contribution is -0.142. The summed E-state index contributed by atoms with van der Waals surface area (Å²) in [4.78, 5) is 11.0. The zero-order chi connectivity index (χ0) is 18.1. The summed E-state index contributed by atoms with van der Waals surface area (Å²) >= 11 is 0. The average molecular weight is 376 g/mol. The highest BCUT2D eigenvalue weighted by molar-refractivity contribution is 7.89. The third-order valence-electron chi connectivity index (χ3n) is 4.15. The van der Waals surface area contributed by atoms with Crippen LogP contribution in [0.1, 0.15) is 18.4 Å². The summed E-state index contributed by atoms with van der Waals surface area (Å²) < 4.78 is 52.5. The molecule has 8 nitrogen and oxygen atoms in total. The van der Waals surface area contributed by atoms with E-state index in [0.29, 0.717) is 5.56 Å². The van der Waals surface area contributed by atoms with Crippen LogP contribution >= 0.6 is 0 Å². The minimum atomic E-state index is -3.78. The van der Waals surface area contributed by atoms with Gasteiger partial charge in [0.05, 0.1) is 15.7 Å². The van der Waals surface area contributed by atoms with Gasteiger partial charge in [0.25, 0.3) is 0 Å². The van der Waals surface area contributed by atoms with Gasteiger partial charge < -0.3 is 5.11 Å². The molecule has 1 aromatic carbocycles. The predicted molar refractivity (Wildman–Crippen MR) is 86.5 cm³/mol. The Bertz CT molecular complexity index is 840. The number of benzene rings is 1. The first-order valence-corrected chi connectivity index (χ1v) is 10.3. The van der Waals surface area contributed by atoms with Crippen molar-refractivity contribution >= 4 is 26.0 Å². The Kier molecular flexibility index (Phi) is 5.33. The molecule has 0 saturated carbocycles. The van der Waals surface area contributed by atoms with Crippen molar-refractivity contribution in [1.29, 1.82) is 0 Å². The number of aryl methyl sites for hydroxylation is 1. The topological polar surface area (TPSA) is 121 Å². The van der Waals surface area contributed by atoms with Crippen LogP contribution in [0, 0.1) is 12.8 Å². The fraction of sp³-hybridized carbons (Fsp3) is 0.500. The van der Waals surface area contributed by atoms with Crippen LogP contribution in [0.2, 0.25) is 0 Å². The van der Waals surface area contributed by atoms with Crippen LogP contribution in [-0.2, 0) is 24.8 Å². The summed E-state index contributed by atoms with van der Waals surface area (Å²) in [5.41, 5.74) is 0.325. The first-order valence-electron chi connectivity index (χ1n) is 7.37. The van der Waals surface area contributed by atoms with E-state index in [9.17, 15) is 21.6 Å². The van der Waals surface area contributed by atoms with Crippen molar-refractivity contribution in [2.24, 2.45) is 5.92 Å². The van der Waals surface area contributed by atoms with Crippen LogP contribution in [0.4, 0.5) is 0 Å². The molecule has 1 aromatic rings. The zero-order valence-electron chi connectivity index (χ0n) is 13.4. The predicted octanol–water partition coefficient (Wildman–Crippen LogP) is 0.388. The van der Waals surface area contributed by atoms with Gasteiger partial charge in [-0.1, -0.05) is 0 Å². The fourth-order valence-electron chi connectivity index (χ4n) is 2.69. The molecule has 134 valence electrons. The van der Waals surface area contributed by atoms with Gasteiger partial charge in [-0.3, -0.25) is 4.79 Å². The molecule has 10 heteroatoms. The molecule has 0 radical (unpaired) electrons. The zero-order valence-corrected chi connectivity index (χ0v) is 15.0. The molecule has 0 spiro atoms. The largest absolute Gasteiger partial charge is 0.481 e. The van der Waals surface area contributed by atoms with E-state index in [0.717, 1.165) is 0 Å². The molecule has 2 N–H and O–H groups in total. The molecule has 24 heavy (non-hydrogen) atoms. The smallest absolute Gasteiger partial charge is 0.306 e. The normalized spacial score (nSPS) is 17.8. The summed E-state index contributed by atoms with van der Waals surface area (Å²) in [5, 5.41) is 8.98. The Morgan fingerprint density at radius 1 is 1.21 bits per heavy atom. The second-order valence-corrected chi connectivity index (χ2v) is 9.44. The summed E-state index contributed by atoms with van der Waals surface area (Å²) in [6.45, 7) is 1.80. The number of piperidine rings is 1. The number of carboxylic acid groups (broad SMARTS) is 1. The van der Waals surface area contributed by atoms with Crippen molar-refractivity contribution < 1.29 is 26.7 Å². The van der Waals surface area contributed by atoms with Gasteiger partial charge in [-0.2, -0.15) is 4.31 Å². The molecule has 1 saturated heterocycles. The summed E-state index contributed by atoms with van der Waals surface area (Å²) in [6.07, 6.45) is 0.527. The van der Waals surface area contributed by atoms with Gasteiger partial charge in [-0.05, 0) is 50.6 Å². The first-order chi connectivity index (χ1) is 11.1. The van der Waals surface area contributed by atoms with Gasteiger partial charge in [0.1, 0.15) is 0 Å². The SMILES string of the molecule is CNS(=O)(=O)c1ccc(S(=O)(=O)N2CCC(C(=O)O)CC2)cc1C. The molecule has 0 unspecified atom stereocenters. The third-order valence-corrected chi connectivity index (χ3v) is 7.61. The Balaban J connectivity index is 2.28. The Morgan fingerprint density at radius 2 is 1.79 bits per heavy atom. The van der Waals surface area contributed by atoms with E-state index in [4.69, 9.17) is 5.11 Å². The maximum absolute atomic E-state index is 12.7. The molecule has 2 rings (SSSR count). The molecule has 1 fully saturated rings. The Labute approximate surface area is 141 Å². The molecular weight excluding hydrogens is 356 g/mol. The summed E-state index contributed by atoms with van der Waals surface area (Å²) in [7, 11) is -6.15. The number of hydrogen-bond donors (Lipinski definition) is 2. The van der Waals surface area contributed by atoms with E-state index in [2.05, 4.69) is 4.72 Å². The fourth-order valence-corrected chi connectivity index (χ4v) is 5.19. The Hall–Kier alpha value is -1.49. The van der Waals surface area contributed by atoms with E-state index in [1.807, 2.05) is 0 Å². The molecule has 1 aliphatic heterocycles. The van der Waals surface area contributed by atoms with Crippen LogP contribution in [0.3, 0.4) is 0 Å². The third kappa shape index (κ3) is 3.61. The van der Waals surface area contributed by atoms with E-state index >= 15 is 0 Å². The van der Waals surface area contributed by atoms with Crippen molar-refractivity contribution in [3.8, 4) is 0 Å². The first kappa shape index (κ1) is 18.8. The van der Waals surface area contributed by atoms with Crippen LogP contribution in [0.25, 0.3) is 0 Å². The second kappa shape index (κ2) is 6.79. The number of nitrogens with zero attached hydrogens (tertiary/aromatic N) is 1. The van der Waals surface area contributed by atoms with Gasteiger partial charge in [0.15, 0.2) is 0 Å². The lowest BCUT2D eigenvalue weighted by Gasteiger charge is -2.29. The minimum absolute atomic E-state index is 0.00354. The highest BCUT2D eigenvalue weighted by Crippen LogP contribution is 2.26. The number of nitrogens with one attached hydrogen (secondary N) is 1. The maximum atomic E-state index is 12.7. The lowest BCUT2D eigenvalue weighted by atomic mass is 9.99. The van der Waals surface area contributed by atoms with Crippen molar-refractivity contribution in [1.82, 2.24) is 9.03 Å². The van der Waals surface area contributed by atoms with Crippen molar-refractivity contribution in [2.75, 3.05) is 20.1 Å². The summed E-state index contributed by atoms with van der Waals surface area (Å²) in [5.74, 6) is -1.44. The van der Waals surface area contributed by atoms with Gasteiger partial charge in [-0.15, -0.1) is 0 Å². The monoisotopic (exact) mass is 376 g/mol. The lowest BCUT2D eigenvalue weighted by Crippen LogP contribution is -2.40. The van der Waals surface area contributed by atoms with Crippen LogP contribution in [-0.4, -0.2) is 52.4 Å². The maximum Gasteiger partial charge on any atom is 0.306 e. The van der Waals surface area contributed by atoms with Crippen molar-refractivity contribution in [2.45, 2.75) is 29.6 Å². The van der Waals surface area contributed by atoms with Crippen LogP contribution in [0.5, 0.6) is 0 Å².